The van der Waals surface area contributed by atoms with Crippen LogP contribution in [0.3, 0.4) is 0 Å². The quantitative estimate of drug-likeness (QED) is 0.866. The zero-order valence-corrected chi connectivity index (χ0v) is 10.4. The van der Waals surface area contributed by atoms with Crippen molar-refractivity contribution in [2.45, 2.75) is 12.6 Å². The topological polar surface area (TPSA) is 66.3 Å². The van der Waals surface area contributed by atoms with E-state index >= 15 is 0 Å². The summed E-state index contributed by atoms with van der Waals surface area (Å²) in [4.78, 5) is 18.9. The van der Waals surface area contributed by atoms with Crippen molar-refractivity contribution in [2.75, 3.05) is 18.0 Å². The lowest BCUT2D eigenvalue weighted by atomic mass is 9.96. The number of hydrogen-bond acceptors (Lipinski definition) is 4. The Balaban J connectivity index is 2.34. The standard InChI is InChI=1S/C11H10F5N3O2/c12-8(13)7-9(18-2-1-17-7)19-3-5(10(20)21)6(4-19)11(14,15)16/h1-2,5-6,8H,3-4H2,(H,20,21)/t5-,6-/m1/s1. The van der Waals surface area contributed by atoms with Gasteiger partial charge in [-0.3, -0.25) is 4.79 Å². The van der Waals surface area contributed by atoms with E-state index in [1.807, 2.05) is 0 Å². The van der Waals surface area contributed by atoms with Crippen LogP contribution in [0.2, 0.25) is 0 Å². The molecule has 1 N–H and O–H groups in total. The van der Waals surface area contributed by atoms with E-state index in [0.717, 1.165) is 17.3 Å². The SMILES string of the molecule is O=C(O)[C@@H]1CN(c2nccnc2C(F)F)C[C@H]1C(F)(F)F. The highest BCUT2D eigenvalue weighted by molar-refractivity contribution is 5.72. The highest BCUT2D eigenvalue weighted by Crippen LogP contribution is 2.40. The van der Waals surface area contributed by atoms with Gasteiger partial charge in [0.2, 0.25) is 0 Å². The first-order chi connectivity index (χ1) is 9.71. The van der Waals surface area contributed by atoms with Gasteiger partial charge in [-0.15, -0.1) is 0 Å². The van der Waals surface area contributed by atoms with Gasteiger partial charge in [-0.2, -0.15) is 13.2 Å². The Labute approximate surface area is 115 Å². The molecule has 1 aromatic heterocycles. The average molecular weight is 311 g/mol. The predicted octanol–water partition coefficient (Wildman–Crippen LogP) is 2.11. The van der Waals surface area contributed by atoms with Gasteiger partial charge in [0.25, 0.3) is 6.43 Å². The number of hydrogen-bond donors (Lipinski definition) is 1. The van der Waals surface area contributed by atoms with Crippen molar-refractivity contribution in [3.63, 3.8) is 0 Å². The molecule has 2 rings (SSSR count). The first-order valence-electron chi connectivity index (χ1n) is 5.85. The molecular formula is C11H10F5N3O2. The van der Waals surface area contributed by atoms with Crippen LogP contribution in [0, 0.1) is 11.8 Å². The Morgan fingerprint density at radius 3 is 2.38 bits per heavy atom. The van der Waals surface area contributed by atoms with Crippen molar-refractivity contribution >= 4 is 11.8 Å². The second kappa shape index (κ2) is 5.41. The highest BCUT2D eigenvalue weighted by atomic mass is 19.4. The molecule has 5 nitrogen and oxygen atoms in total. The highest BCUT2D eigenvalue weighted by Gasteiger charge is 2.53. The summed E-state index contributed by atoms with van der Waals surface area (Å²) in [5, 5.41) is 8.88. The van der Waals surface area contributed by atoms with Crippen LogP contribution in [-0.2, 0) is 4.79 Å². The Kier molecular flexibility index (Phi) is 3.97. The van der Waals surface area contributed by atoms with E-state index < -0.39 is 55.0 Å². The molecule has 0 spiro atoms. The summed E-state index contributed by atoms with van der Waals surface area (Å²) in [6.45, 7) is -1.28. The summed E-state index contributed by atoms with van der Waals surface area (Å²) in [5.41, 5.74) is -0.760. The van der Waals surface area contributed by atoms with Gasteiger partial charge in [-0.25, -0.2) is 18.7 Å². The van der Waals surface area contributed by atoms with E-state index in [2.05, 4.69) is 9.97 Å². The van der Waals surface area contributed by atoms with Crippen LogP contribution in [-0.4, -0.2) is 40.3 Å². The molecule has 1 saturated heterocycles. The number of carbonyl (C=O) groups is 1. The smallest absolute Gasteiger partial charge is 0.394 e. The minimum absolute atomic E-state index is 0.412. The van der Waals surface area contributed by atoms with Crippen molar-refractivity contribution in [3.05, 3.63) is 18.1 Å². The zero-order chi connectivity index (χ0) is 15.8. The molecule has 0 unspecified atom stereocenters. The van der Waals surface area contributed by atoms with Crippen LogP contribution in [0.4, 0.5) is 27.8 Å². The summed E-state index contributed by atoms with van der Waals surface area (Å²) in [7, 11) is 0. The lowest BCUT2D eigenvalue weighted by Crippen LogP contribution is -2.33. The van der Waals surface area contributed by atoms with Crippen molar-refractivity contribution in [3.8, 4) is 0 Å². The molecule has 0 saturated carbocycles. The molecule has 21 heavy (non-hydrogen) atoms. The fraction of sp³-hybridized carbons (Fsp3) is 0.545. The second-order valence-corrected chi connectivity index (χ2v) is 4.56. The third-order valence-corrected chi connectivity index (χ3v) is 3.27. The Hall–Kier alpha value is -2.00. The van der Waals surface area contributed by atoms with Crippen LogP contribution >= 0.6 is 0 Å². The first kappa shape index (κ1) is 15.4. The molecule has 0 bridgehead atoms. The summed E-state index contributed by atoms with van der Waals surface area (Å²) in [6.07, 6.45) is -5.68. The molecule has 1 fully saturated rings. The fourth-order valence-electron chi connectivity index (χ4n) is 2.30. The number of anilines is 1. The van der Waals surface area contributed by atoms with Gasteiger partial charge in [-0.1, -0.05) is 0 Å². The molecular weight excluding hydrogens is 301 g/mol. The normalized spacial score (nSPS) is 22.9. The zero-order valence-electron chi connectivity index (χ0n) is 10.4. The van der Waals surface area contributed by atoms with Crippen LogP contribution in [0.15, 0.2) is 12.4 Å². The van der Waals surface area contributed by atoms with Gasteiger partial charge >= 0.3 is 12.1 Å². The van der Waals surface area contributed by atoms with Crippen molar-refractivity contribution in [2.24, 2.45) is 11.8 Å². The molecule has 0 aliphatic carbocycles. The van der Waals surface area contributed by atoms with E-state index in [-0.39, 0.29) is 0 Å². The molecule has 1 aliphatic rings. The number of aromatic nitrogens is 2. The summed E-state index contributed by atoms with van der Waals surface area (Å²) >= 11 is 0. The number of aliphatic carboxylic acids is 1. The largest absolute Gasteiger partial charge is 0.481 e. The second-order valence-electron chi connectivity index (χ2n) is 4.56. The van der Waals surface area contributed by atoms with Crippen LogP contribution in [0.1, 0.15) is 12.1 Å². The monoisotopic (exact) mass is 311 g/mol. The number of alkyl halides is 5. The van der Waals surface area contributed by atoms with Crippen LogP contribution in [0.5, 0.6) is 0 Å². The maximum absolute atomic E-state index is 12.8. The molecule has 1 aromatic rings. The van der Waals surface area contributed by atoms with Gasteiger partial charge < -0.3 is 10.0 Å². The summed E-state index contributed by atoms with van der Waals surface area (Å²) in [6, 6.07) is 0. The lowest BCUT2D eigenvalue weighted by Gasteiger charge is -2.20. The van der Waals surface area contributed by atoms with Gasteiger partial charge in [0.15, 0.2) is 5.82 Å². The minimum atomic E-state index is -4.73. The summed E-state index contributed by atoms with van der Waals surface area (Å²) in [5.74, 6) is -5.90. The van der Waals surface area contributed by atoms with Gasteiger partial charge in [0.05, 0.1) is 11.8 Å². The average Bonchev–Trinajstić information content (AvgIpc) is 2.83. The van der Waals surface area contributed by atoms with E-state index in [4.69, 9.17) is 5.11 Å². The molecule has 2 heterocycles. The summed E-state index contributed by atoms with van der Waals surface area (Å²) < 4.78 is 64.1. The lowest BCUT2D eigenvalue weighted by molar-refractivity contribution is -0.187. The van der Waals surface area contributed by atoms with Crippen molar-refractivity contribution < 1.29 is 31.9 Å². The molecule has 116 valence electrons. The number of carboxylic acid groups (broad SMARTS) is 1. The minimum Gasteiger partial charge on any atom is -0.481 e. The van der Waals surface area contributed by atoms with Gasteiger partial charge in [-0.05, 0) is 0 Å². The third kappa shape index (κ3) is 3.03. The fourth-order valence-corrected chi connectivity index (χ4v) is 2.30. The Morgan fingerprint density at radius 1 is 1.29 bits per heavy atom. The predicted molar refractivity (Wildman–Crippen MR) is 59.9 cm³/mol. The molecule has 1 aliphatic heterocycles. The Morgan fingerprint density at radius 2 is 1.90 bits per heavy atom. The van der Waals surface area contributed by atoms with Crippen molar-refractivity contribution in [1.82, 2.24) is 9.97 Å². The number of nitrogens with zero attached hydrogens (tertiary/aromatic N) is 3. The van der Waals surface area contributed by atoms with Gasteiger partial charge in [0.1, 0.15) is 5.69 Å². The van der Waals surface area contributed by atoms with Crippen LogP contribution in [0.25, 0.3) is 0 Å². The molecule has 2 atom stereocenters. The van der Waals surface area contributed by atoms with E-state index in [0.29, 0.717) is 0 Å². The molecule has 0 amide bonds. The molecule has 10 heteroatoms. The van der Waals surface area contributed by atoms with E-state index in [1.165, 1.54) is 0 Å². The van der Waals surface area contributed by atoms with Crippen LogP contribution < -0.4 is 4.90 Å². The number of halogens is 5. The van der Waals surface area contributed by atoms with E-state index in [9.17, 15) is 26.7 Å². The van der Waals surface area contributed by atoms with E-state index in [1.54, 1.807) is 0 Å². The molecule has 0 aromatic carbocycles. The maximum Gasteiger partial charge on any atom is 0.394 e. The third-order valence-electron chi connectivity index (χ3n) is 3.27. The Bertz CT molecular complexity index is 537. The first-order valence-corrected chi connectivity index (χ1v) is 5.85. The van der Waals surface area contributed by atoms with Gasteiger partial charge in [0, 0.05) is 25.5 Å². The number of carboxylic acids is 1. The maximum atomic E-state index is 12.8. The van der Waals surface area contributed by atoms with Crippen molar-refractivity contribution in [1.29, 1.82) is 0 Å². The number of rotatable bonds is 3. The molecule has 0 radical (unpaired) electrons.